The smallest absolute Gasteiger partial charge is 0.195 e. The lowest BCUT2D eigenvalue weighted by molar-refractivity contribution is -0.121. The number of carbonyl (C=O) groups is 1. The van der Waals surface area contributed by atoms with Crippen LogP contribution < -0.4 is 0 Å². The first-order valence-electron chi connectivity index (χ1n) is 3.10. The second kappa shape index (κ2) is 1.55. The van der Waals surface area contributed by atoms with Crippen molar-refractivity contribution >= 4 is 5.78 Å². The fourth-order valence-electron chi connectivity index (χ4n) is 0.880. The Morgan fingerprint density at radius 2 is 2.22 bits per heavy atom. The van der Waals surface area contributed by atoms with Crippen molar-refractivity contribution in [2.24, 2.45) is 0 Å². The van der Waals surface area contributed by atoms with Crippen LogP contribution in [0.1, 0.15) is 6.92 Å². The molecule has 0 spiro atoms. The lowest BCUT2D eigenvalue weighted by Gasteiger charge is -1.83. The van der Waals surface area contributed by atoms with Crippen LogP contribution in [0.3, 0.4) is 0 Å². The highest BCUT2D eigenvalue weighted by Gasteiger charge is 2.48. The van der Waals surface area contributed by atoms with E-state index >= 15 is 0 Å². The molecule has 3 heteroatoms. The van der Waals surface area contributed by atoms with E-state index in [-0.39, 0.29) is 24.1 Å². The van der Waals surface area contributed by atoms with Crippen molar-refractivity contribution in [3.63, 3.8) is 0 Å². The molecule has 9 heavy (non-hydrogen) atoms. The molecule has 2 aliphatic heterocycles. The molecular weight excluding hydrogens is 120 g/mol. The minimum atomic E-state index is -0.141. The van der Waals surface area contributed by atoms with E-state index in [1.807, 2.05) is 6.92 Å². The van der Waals surface area contributed by atoms with Crippen molar-refractivity contribution in [1.82, 2.24) is 0 Å². The minimum absolute atomic E-state index is 0.125. The van der Waals surface area contributed by atoms with Crippen molar-refractivity contribution in [3.8, 4) is 0 Å². The van der Waals surface area contributed by atoms with Gasteiger partial charge in [0, 0.05) is 0 Å². The summed E-state index contributed by atoms with van der Waals surface area (Å²) < 4.78 is 9.74. The minimum Gasteiger partial charge on any atom is -0.365 e. The predicted octanol–water partition coefficient (Wildman–Crippen LogP) is -0.258. The van der Waals surface area contributed by atoms with Crippen LogP contribution in [0, 0.1) is 0 Å². The normalized spacial score (nSPS) is 46.6. The lowest BCUT2D eigenvalue weighted by atomic mass is 10.2. The molecule has 2 rings (SSSR count). The molecule has 2 saturated heterocycles. The molecule has 0 radical (unpaired) electrons. The van der Waals surface area contributed by atoms with Crippen LogP contribution in [0.25, 0.3) is 0 Å². The summed E-state index contributed by atoms with van der Waals surface area (Å²) in [5.41, 5.74) is 0. The maximum absolute atomic E-state index is 10.9. The van der Waals surface area contributed by atoms with E-state index < -0.39 is 0 Å². The van der Waals surface area contributed by atoms with Crippen LogP contribution in [0.5, 0.6) is 0 Å². The first-order chi connectivity index (χ1) is 4.29. The molecule has 3 nitrogen and oxygen atoms in total. The third-order valence-corrected chi connectivity index (χ3v) is 1.64. The Balaban J connectivity index is 1.91. The van der Waals surface area contributed by atoms with Gasteiger partial charge < -0.3 is 9.47 Å². The molecule has 0 aromatic rings. The van der Waals surface area contributed by atoms with Gasteiger partial charge in [0.25, 0.3) is 0 Å². The molecule has 0 saturated carbocycles. The zero-order valence-electron chi connectivity index (χ0n) is 5.16. The second-order valence-electron chi connectivity index (χ2n) is 2.49. The molecule has 0 aliphatic carbocycles. The number of epoxide rings is 2. The highest BCUT2D eigenvalue weighted by Crippen LogP contribution is 2.27. The van der Waals surface area contributed by atoms with Gasteiger partial charge in [-0.25, -0.2) is 0 Å². The van der Waals surface area contributed by atoms with Gasteiger partial charge in [-0.1, -0.05) is 0 Å². The average Bonchev–Trinajstić information content (AvgIpc) is 2.53. The maximum atomic E-state index is 10.9. The Hall–Kier alpha value is -0.410. The van der Waals surface area contributed by atoms with E-state index in [4.69, 9.17) is 9.47 Å². The van der Waals surface area contributed by atoms with Crippen LogP contribution in [-0.2, 0) is 14.3 Å². The van der Waals surface area contributed by atoms with E-state index in [1.165, 1.54) is 0 Å². The highest BCUT2D eigenvalue weighted by molar-refractivity contribution is 5.91. The number of hydrogen-bond acceptors (Lipinski definition) is 3. The Kier molecular flexibility index (Phi) is 0.926. The van der Waals surface area contributed by atoms with Crippen LogP contribution in [0.2, 0.25) is 0 Å². The molecule has 3 unspecified atom stereocenters. The Bertz CT molecular complexity index is 150. The van der Waals surface area contributed by atoms with E-state index in [0.717, 1.165) is 0 Å². The Labute approximate surface area is 52.9 Å². The van der Waals surface area contributed by atoms with Crippen LogP contribution >= 0.6 is 0 Å². The first kappa shape index (κ1) is 5.38. The predicted molar refractivity (Wildman–Crippen MR) is 29.1 cm³/mol. The summed E-state index contributed by atoms with van der Waals surface area (Å²) in [6.07, 6.45) is -0.126. The molecule has 2 heterocycles. The van der Waals surface area contributed by atoms with Gasteiger partial charge in [0.2, 0.25) is 0 Å². The summed E-state index contributed by atoms with van der Waals surface area (Å²) in [5, 5.41) is 0. The number of ketones is 1. The summed E-state index contributed by atoms with van der Waals surface area (Å²) in [6.45, 7) is 2.50. The van der Waals surface area contributed by atoms with E-state index in [2.05, 4.69) is 0 Å². The molecule has 50 valence electrons. The van der Waals surface area contributed by atoms with E-state index in [0.29, 0.717) is 6.61 Å². The standard InChI is InChI=1S/C6H8O3/c1-3-6(9-3)5(7)4-2-8-4/h3-4,6H,2H2,1H3. The summed E-state index contributed by atoms with van der Waals surface area (Å²) in [7, 11) is 0. The quantitative estimate of drug-likeness (QED) is 0.481. The van der Waals surface area contributed by atoms with Crippen LogP contribution in [0.15, 0.2) is 0 Å². The van der Waals surface area contributed by atoms with Gasteiger partial charge in [-0.15, -0.1) is 0 Å². The Morgan fingerprint density at radius 3 is 2.56 bits per heavy atom. The zero-order chi connectivity index (χ0) is 6.43. The number of Topliss-reactive ketones (excluding diaryl/α,β-unsaturated/α-hetero) is 1. The molecule has 0 bridgehead atoms. The molecule has 2 fully saturated rings. The third kappa shape index (κ3) is 0.862. The third-order valence-electron chi connectivity index (χ3n) is 1.64. The van der Waals surface area contributed by atoms with Crippen molar-refractivity contribution in [2.45, 2.75) is 25.2 Å². The van der Waals surface area contributed by atoms with Crippen molar-refractivity contribution in [1.29, 1.82) is 0 Å². The molecule has 0 N–H and O–H groups in total. The van der Waals surface area contributed by atoms with E-state index in [1.54, 1.807) is 0 Å². The topological polar surface area (TPSA) is 42.1 Å². The van der Waals surface area contributed by atoms with Gasteiger partial charge in [-0.05, 0) is 6.92 Å². The number of rotatable bonds is 2. The lowest BCUT2D eigenvalue weighted by Crippen LogP contribution is -2.15. The molecule has 2 aliphatic rings. The molecule has 0 amide bonds. The van der Waals surface area contributed by atoms with Crippen molar-refractivity contribution in [3.05, 3.63) is 0 Å². The Morgan fingerprint density at radius 1 is 1.67 bits per heavy atom. The molecule has 0 aromatic carbocycles. The zero-order valence-corrected chi connectivity index (χ0v) is 5.16. The second-order valence-corrected chi connectivity index (χ2v) is 2.49. The van der Waals surface area contributed by atoms with Gasteiger partial charge in [0.15, 0.2) is 5.78 Å². The summed E-state index contributed by atoms with van der Waals surface area (Å²) >= 11 is 0. The number of hydrogen-bond donors (Lipinski definition) is 0. The highest BCUT2D eigenvalue weighted by atomic mass is 16.6. The van der Waals surface area contributed by atoms with Crippen LogP contribution in [0.4, 0.5) is 0 Å². The van der Waals surface area contributed by atoms with Gasteiger partial charge in [-0.2, -0.15) is 0 Å². The average molecular weight is 128 g/mol. The van der Waals surface area contributed by atoms with Crippen molar-refractivity contribution < 1.29 is 14.3 Å². The summed E-state index contributed by atoms with van der Waals surface area (Å²) in [6, 6.07) is 0. The SMILES string of the molecule is CC1OC1C(=O)C1CO1. The monoisotopic (exact) mass is 128 g/mol. The van der Waals surface area contributed by atoms with Gasteiger partial charge in [0.1, 0.15) is 12.2 Å². The largest absolute Gasteiger partial charge is 0.365 e. The van der Waals surface area contributed by atoms with Crippen LogP contribution in [-0.4, -0.2) is 30.7 Å². The molecule has 3 atom stereocenters. The van der Waals surface area contributed by atoms with E-state index in [9.17, 15) is 4.79 Å². The molecular formula is C6H8O3. The van der Waals surface area contributed by atoms with Gasteiger partial charge in [0.05, 0.1) is 12.7 Å². The summed E-state index contributed by atoms with van der Waals surface area (Å²) in [5.74, 6) is 0.127. The fraction of sp³-hybridized carbons (Fsp3) is 0.833. The van der Waals surface area contributed by atoms with Gasteiger partial charge >= 0.3 is 0 Å². The van der Waals surface area contributed by atoms with Crippen molar-refractivity contribution in [2.75, 3.05) is 6.61 Å². The number of carbonyl (C=O) groups excluding carboxylic acids is 1. The van der Waals surface area contributed by atoms with Gasteiger partial charge in [-0.3, -0.25) is 4.79 Å². The maximum Gasteiger partial charge on any atom is 0.195 e. The fourth-order valence-corrected chi connectivity index (χ4v) is 0.880. The molecule has 0 aromatic heterocycles. The summed E-state index contributed by atoms with van der Waals surface area (Å²) in [4.78, 5) is 10.9. The first-order valence-corrected chi connectivity index (χ1v) is 3.10. The number of ether oxygens (including phenoxy) is 2.